The van der Waals surface area contributed by atoms with Crippen LogP contribution in [0.2, 0.25) is 0 Å². The van der Waals surface area contributed by atoms with Gasteiger partial charge in [-0.25, -0.2) is 4.98 Å². The Morgan fingerprint density at radius 3 is 2.76 bits per heavy atom. The molecule has 0 aliphatic heterocycles. The summed E-state index contributed by atoms with van der Waals surface area (Å²) in [6, 6.07) is 8.20. The van der Waals surface area contributed by atoms with Gasteiger partial charge >= 0.3 is 0 Å². The third kappa shape index (κ3) is 1.72. The SMILES string of the molecule is O=c1[nH]c(CNC2C3C4CCC(C4)C23)nc2ccccc12. The van der Waals surface area contributed by atoms with Gasteiger partial charge in [0.15, 0.2) is 0 Å². The molecule has 108 valence electrons. The van der Waals surface area contributed by atoms with Gasteiger partial charge in [-0.2, -0.15) is 0 Å². The number of nitrogens with one attached hydrogen (secondary N) is 2. The van der Waals surface area contributed by atoms with E-state index in [0.717, 1.165) is 35.0 Å². The second-order valence-corrected chi connectivity index (χ2v) is 6.92. The summed E-state index contributed by atoms with van der Waals surface area (Å²) in [5.74, 6) is 4.53. The summed E-state index contributed by atoms with van der Waals surface area (Å²) in [6.07, 6.45) is 4.35. The molecule has 0 spiro atoms. The topological polar surface area (TPSA) is 57.8 Å². The lowest BCUT2D eigenvalue weighted by molar-refractivity contribution is 0.456. The van der Waals surface area contributed by atoms with E-state index in [4.69, 9.17) is 0 Å². The number of hydrogen-bond acceptors (Lipinski definition) is 3. The van der Waals surface area contributed by atoms with Gasteiger partial charge in [-0.1, -0.05) is 12.1 Å². The molecular weight excluding hydrogens is 262 g/mol. The van der Waals surface area contributed by atoms with Gasteiger partial charge in [-0.15, -0.1) is 0 Å². The van der Waals surface area contributed by atoms with Crippen LogP contribution in [0.1, 0.15) is 25.1 Å². The van der Waals surface area contributed by atoms with Crippen molar-refractivity contribution in [2.75, 3.05) is 0 Å². The van der Waals surface area contributed by atoms with Crippen molar-refractivity contribution in [3.63, 3.8) is 0 Å². The summed E-state index contributed by atoms with van der Waals surface area (Å²) in [4.78, 5) is 19.5. The number of benzene rings is 1. The number of H-pyrrole nitrogens is 1. The molecule has 3 aliphatic rings. The van der Waals surface area contributed by atoms with Crippen molar-refractivity contribution >= 4 is 10.9 Å². The minimum absolute atomic E-state index is 0.0338. The quantitative estimate of drug-likeness (QED) is 0.905. The molecule has 4 heteroatoms. The maximum atomic E-state index is 12.0. The fourth-order valence-electron chi connectivity index (χ4n) is 5.03. The first-order valence-corrected chi connectivity index (χ1v) is 8.02. The molecule has 3 saturated carbocycles. The van der Waals surface area contributed by atoms with E-state index >= 15 is 0 Å². The first kappa shape index (κ1) is 11.9. The van der Waals surface area contributed by atoms with Gasteiger partial charge < -0.3 is 10.3 Å². The first-order valence-electron chi connectivity index (χ1n) is 8.02. The van der Waals surface area contributed by atoms with Gasteiger partial charge in [0.05, 0.1) is 17.4 Å². The largest absolute Gasteiger partial charge is 0.309 e. The lowest BCUT2D eigenvalue weighted by Crippen LogP contribution is -2.25. The van der Waals surface area contributed by atoms with Gasteiger partial charge in [0, 0.05) is 6.04 Å². The zero-order chi connectivity index (χ0) is 14.0. The van der Waals surface area contributed by atoms with Gasteiger partial charge in [-0.3, -0.25) is 4.79 Å². The number of aromatic amines is 1. The molecular formula is C17H19N3O. The van der Waals surface area contributed by atoms with Crippen molar-refractivity contribution in [1.29, 1.82) is 0 Å². The number of rotatable bonds is 3. The van der Waals surface area contributed by atoms with Crippen LogP contribution in [0.4, 0.5) is 0 Å². The summed E-state index contributed by atoms with van der Waals surface area (Å²) in [5.41, 5.74) is 0.752. The highest BCUT2D eigenvalue weighted by Gasteiger charge is 2.64. The van der Waals surface area contributed by atoms with Crippen LogP contribution in [0.5, 0.6) is 0 Å². The summed E-state index contributed by atoms with van der Waals surface area (Å²) in [7, 11) is 0. The number of fused-ring (bicyclic) bond motifs is 6. The van der Waals surface area contributed by atoms with Crippen LogP contribution in [0.3, 0.4) is 0 Å². The molecule has 2 aromatic rings. The summed E-state index contributed by atoms with van der Waals surface area (Å²) < 4.78 is 0. The number of aromatic nitrogens is 2. The second kappa shape index (κ2) is 4.17. The molecule has 21 heavy (non-hydrogen) atoms. The van der Waals surface area contributed by atoms with Crippen LogP contribution in [0, 0.1) is 23.7 Å². The first-order chi connectivity index (χ1) is 10.3. The van der Waals surface area contributed by atoms with Crippen molar-refractivity contribution in [2.24, 2.45) is 23.7 Å². The van der Waals surface area contributed by atoms with Gasteiger partial charge in [0.1, 0.15) is 5.82 Å². The lowest BCUT2D eigenvalue weighted by Gasteiger charge is -2.10. The van der Waals surface area contributed by atoms with E-state index in [0.29, 0.717) is 18.0 Å². The Labute approximate surface area is 123 Å². The molecule has 5 rings (SSSR count). The van der Waals surface area contributed by atoms with E-state index in [9.17, 15) is 4.79 Å². The second-order valence-electron chi connectivity index (χ2n) is 6.92. The number of hydrogen-bond donors (Lipinski definition) is 2. The summed E-state index contributed by atoms with van der Waals surface area (Å²) in [5, 5.41) is 4.30. The predicted octanol–water partition coefficient (Wildman–Crippen LogP) is 2.06. The van der Waals surface area contributed by atoms with Crippen LogP contribution >= 0.6 is 0 Å². The minimum atomic E-state index is -0.0338. The van der Waals surface area contributed by atoms with Gasteiger partial charge in [0.25, 0.3) is 5.56 Å². The van der Waals surface area contributed by atoms with E-state index in [-0.39, 0.29) is 5.56 Å². The lowest BCUT2D eigenvalue weighted by atomic mass is 10.0. The van der Waals surface area contributed by atoms with Gasteiger partial charge in [-0.05, 0) is 55.1 Å². The van der Waals surface area contributed by atoms with E-state index in [1.165, 1.54) is 19.3 Å². The van der Waals surface area contributed by atoms with E-state index in [1.807, 2.05) is 24.3 Å². The van der Waals surface area contributed by atoms with Crippen LogP contribution < -0.4 is 10.9 Å². The zero-order valence-electron chi connectivity index (χ0n) is 11.9. The molecule has 1 heterocycles. The van der Waals surface area contributed by atoms with E-state index in [2.05, 4.69) is 15.3 Å². The van der Waals surface area contributed by atoms with E-state index < -0.39 is 0 Å². The maximum Gasteiger partial charge on any atom is 0.258 e. The molecule has 2 bridgehead atoms. The smallest absolute Gasteiger partial charge is 0.258 e. The van der Waals surface area contributed by atoms with Crippen molar-refractivity contribution in [3.05, 3.63) is 40.4 Å². The normalized spacial score (nSPS) is 36.1. The van der Waals surface area contributed by atoms with Crippen molar-refractivity contribution in [2.45, 2.75) is 31.8 Å². The molecule has 0 amide bonds. The average molecular weight is 281 g/mol. The highest BCUT2D eigenvalue weighted by Crippen LogP contribution is 2.65. The monoisotopic (exact) mass is 281 g/mol. The standard InChI is InChI=1S/C17H19N3O/c21-17-11-3-1-2-4-12(11)19-13(20-17)8-18-16-14-9-5-6-10(7-9)15(14)16/h1-4,9-10,14-16,18H,5-8H2,(H,19,20,21). The van der Waals surface area contributed by atoms with E-state index in [1.54, 1.807) is 0 Å². The number of para-hydroxylation sites is 1. The molecule has 2 N–H and O–H groups in total. The third-order valence-electron chi connectivity index (χ3n) is 5.90. The Bertz CT molecular complexity index is 752. The molecule has 4 unspecified atom stereocenters. The third-order valence-corrected chi connectivity index (χ3v) is 5.90. The molecule has 1 aromatic carbocycles. The maximum absolute atomic E-state index is 12.0. The van der Waals surface area contributed by atoms with Crippen LogP contribution in [0.15, 0.2) is 29.1 Å². The molecule has 4 atom stereocenters. The Morgan fingerprint density at radius 1 is 1.19 bits per heavy atom. The average Bonchev–Trinajstić information content (AvgIpc) is 2.88. The highest BCUT2D eigenvalue weighted by molar-refractivity contribution is 5.77. The van der Waals surface area contributed by atoms with Crippen LogP contribution in [-0.4, -0.2) is 16.0 Å². The molecule has 3 fully saturated rings. The Kier molecular flexibility index (Phi) is 2.37. The number of nitrogens with zero attached hydrogens (tertiary/aromatic N) is 1. The molecule has 0 radical (unpaired) electrons. The van der Waals surface area contributed by atoms with Crippen LogP contribution in [0.25, 0.3) is 10.9 Å². The Hall–Kier alpha value is -1.68. The highest BCUT2D eigenvalue weighted by atomic mass is 16.1. The summed E-state index contributed by atoms with van der Waals surface area (Å²) >= 11 is 0. The Balaban J connectivity index is 1.35. The fourth-order valence-corrected chi connectivity index (χ4v) is 5.03. The fraction of sp³-hybridized carbons (Fsp3) is 0.529. The predicted molar refractivity (Wildman–Crippen MR) is 80.8 cm³/mol. The summed E-state index contributed by atoms with van der Waals surface area (Å²) in [6.45, 7) is 0.678. The zero-order valence-corrected chi connectivity index (χ0v) is 11.9. The molecule has 4 nitrogen and oxygen atoms in total. The minimum Gasteiger partial charge on any atom is -0.309 e. The van der Waals surface area contributed by atoms with Crippen molar-refractivity contribution < 1.29 is 0 Å². The Morgan fingerprint density at radius 2 is 1.95 bits per heavy atom. The van der Waals surface area contributed by atoms with Crippen LogP contribution in [-0.2, 0) is 6.54 Å². The van der Waals surface area contributed by atoms with Gasteiger partial charge in [0.2, 0.25) is 0 Å². The van der Waals surface area contributed by atoms with Crippen molar-refractivity contribution in [1.82, 2.24) is 15.3 Å². The molecule has 1 aromatic heterocycles. The molecule has 0 saturated heterocycles. The molecule has 3 aliphatic carbocycles. The van der Waals surface area contributed by atoms with Crippen molar-refractivity contribution in [3.8, 4) is 0 Å².